The number of nitrogens with one attached hydrogen (secondary N) is 1. The van der Waals surface area contributed by atoms with Crippen molar-refractivity contribution in [2.24, 2.45) is 0 Å². The van der Waals surface area contributed by atoms with Crippen molar-refractivity contribution >= 4 is 21.7 Å². The molecular formula is C15H20BrN5. The average molecular weight is 350 g/mol. The lowest BCUT2D eigenvalue weighted by molar-refractivity contribution is 0.564. The predicted octanol–water partition coefficient (Wildman–Crippen LogP) is 3.73. The molecule has 2 aromatic rings. The zero-order valence-electron chi connectivity index (χ0n) is 13.0. The van der Waals surface area contributed by atoms with Crippen molar-refractivity contribution in [3.8, 4) is 11.6 Å². The maximum atomic E-state index is 4.66. The summed E-state index contributed by atoms with van der Waals surface area (Å²) < 4.78 is 0.896. The summed E-state index contributed by atoms with van der Waals surface area (Å²) >= 11 is 3.61. The summed E-state index contributed by atoms with van der Waals surface area (Å²) in [5.41, 5.74) is 1.84. The number of aromatic nitrogens is 4. The molecule has 2 rings (SSSR count). The van der Waals surface area contributed by atoms with E-state index in [1.165, 1.54) is 0 Å². The van der Waals surface area contributed by atoms with Crippen LogP contribution in [0, 0.1) is 6.92 Å². The molecule has 0 spiro atoms. The Morgan fingerprint density at radius 1 is 1.10 bits per heavy atom. The number of hydrogen-bond donors (Lipinski definition) is 1. The van der Waals surface area contributed by atoms with Gasteiger partial charge in [0.15, 0.2) is 11.6 Å². The third-order valence-corrected chi connectivity index (χ3v) is 3.64. The summed E-state index contributed by atoms with van der Waals surface area (Å²) in [6.45, 7) is 11.1. The first-order valence-corrected chi connectivity index (χ1v) is 7.73. The fourth-order valence-electron chi connectivity index (χ4n) is 1.84. The van der Waals surface area contributed by atoms with E-state index in [0.717, 1.165) is 28.1 Å². The lowest BCUT2D eigenvalue weighted by Crippen LogP contribution is -2.18. The third kappa shape index (κ3) is 3.56. The molecule has 2 heterocycles. The van der Waals surface area contributed by atoms with Gasteiger partial charge in [-0.1, -0.05) is 20.8 Å². The molecule has 0 fully saturated rings. The second-order valence-electron chi connectivity index (χ2n) is 5.92. The van der Waals surface area contributed by atoms with Crippen LogP contribution in [-0.2, 0) is 5.41 Å². The molecule has 0 bridgehead atoms. The van der Waals surface area contributed by atoms with Crippen molar-refractivity contribution in [1.82, 2.24) is 19.9 Å². The average Bonchev–Trinajstić information content (AvgIpc) is 2.41. The number of hydrogen-bond acceptors (Lipinski definition) is 5. The zero-order valence-corrected chi connectivity index (χ0v) is 14.6. The molecule has 2 aromatic heterocycles. The lowest BCUT2D eigenvalue weighted by Gasteiger charge is -2.21. The van der Waals surface area contributed by atoms with E-state index in [1.54, 1.807) is 12.4 Å². The molecule has 1 N–H and O–H groups in total. The molecule has 0 unspecified atom stereocenters. The minimum absolute atomic E-state index is 0.106. The van der Waals surface area contributed by atoms with E-state index < -0.39 is 0 Å². The Balaban J connectivity index is 2.61. The van der Waals surface area contributed by atoms with Gasteiger partial charge in [-0.3, -0.25) is 0 Å². The molecule has 0 radical (unpaired) electrons. The van der Waals surface area contributed by atoms with Crippen LogP contribution in [0.3, 0.4) is 0 Å². The molecule has 0 aliphatic heterocycles. The SMILES string of the molecule is CCNc1nc(-c2ncc(C)cn2)nc(C(C)(C)C)c1Br. The summed E-state index contributed by atoms with van der Waals surface area (Å²) in [6.07, 6.45) is 3.55. The number of aryl methyl sites for hydroxylation is 1. The molecule has 0 amide bonds. The maximum Gasteiger partial charge on any atom is 0.200 e. The minimum Gasteiger partial charge on any atom is -0.369 e. The summed E-state index contributed by atoms with van der Waals surface area (Å²) in [5.74, 6) is 1.86. The Hall–Kier alpha value is -1.56. The second kappa shape index (κ2) is 6.05. The molecule has 5 nitrogen and oxygen atoms in total. The standard InChI is InChI=1S/C15H20BrN5/c1-6-17-12-10(16)11(15(3,4)5)20-14(21-12)13-18-7-9(2)8-19-13/h7-8H,6H2,1-5H3,(H,17,20,21). The molecule has 112 valence electrons. The van der Waals surface area contributed by atoms with Crippen LogP contribution < -0.4 is 5.32 Å². The van der Waals surface area contributed by atoms with Gasteiger partial charge in [0, 0.05) is 24.4 Å². The van der Waals surface area contributed by atoms with Gasteiger partial charge in [-0.25, -0.2) is 19.9 Å². The van der Waals surface area contributed by atoms with E-state index in [2.05, 4.69) is 62.0 Å². The molecule has 0 aliphatic rings. The Labute approximate surface area is 133 Å². The number of anilines is 1. The minimum atomic E-state index is -0.106. The van der Waals surface area contributed by atoms with Crippen LogP contribution in [0.15, 0.2) is 16.9 Å². The van der Waals surface area contributed by atoms with Crippen LogP contribution in [0.5, 0.6) is 0 Å². The van der Waals surface area contributed by atoms with Crippen LogP contribution in [0.2, 0.25) is 0 Å². The molecule has 0 saturated carbocycles. The zero-order chi connectivity index (χ0) is 15.6. The van der Waals surface area contributed by atoms with Gasteiger partial charge >= 0.3 is 0 Å². The van der Waals surface area contributed by atoms with Gasteiger partial charge in [-0.05, 0) is 35.3 Å². The molecule has 0 atom stereocenters. The quantitative estimate of drug-likeness (QED) is 0.914. The van der Waals surface area contributed by atoms with E-state index in [9.17, 15) is 0 Å². The second-order valence-corrected chi connectivity index (χ2v) is 6.72. The van der Waals surface area contributed by atoms with Gasteiger partial charge in [-0.2, -0.15) is 0 Å². The highest BCUT2D eigenvalue weighted by Crippen LogP contribution is 2.33. The smallest absolute Gasteiger partial charge is 0.200 e. The molecule has 6 heteroatoms. The molecule has 21 heavy (non-hydrogen) atoms. The Bertz CT molecular complexity index is 632. The summed E-state index contributed by atoms with van der Waals surface area (Å²) in [4.78, 5) is 17.9. The Morgan fingerprint density at radius 2 is 1.71 bits per heavy atom. The Kier molecular flexibility index (Phi) is 4.56. The van der Waals surface area contributed by atoms with Gasteiger partial charge in [0.25, 0.3) is 0 Å². The third-order valence-electron chi connectivity index (χ3n) is 2.89. The van der Waals surface area contributed by atoms with Gasteiger partial charge < -0.3 is 5.32 Å². The predicted molar refractivity (Wildman–Crippen MR) is 88.4 cm³/mol. The number of rotatable bonds is 3. The van der Waals surface area contributed by atoms with Gasteiger partial charge in [0.05, 0.1) is 10.2 Å². The van der Waals surface area contributed by atoms with E-state index in [-0.39, 0.29) is 5.41 Å². The van der Waals surface area contributed by atoms with E-state index in [0.29, 0.717) is 11.6 Å². The summed E-state index contributed by atoms with van der Waals surface area (Å²) in [5, 5.41) is 3.26. The van der Waals surface area contributed by atoms with Crippen LogP contribution in [0.1, 0.15) is 39.0 Å². The number of halogens is 1. The maximum absolute atomic E-state index is 4.66. The van der Waals surface area contributed by atoms with Crippen LogP contribution in [0.4, 0.5) is 5.82 Å². The Morgan fingerprint density at radius 3 is 2.24 bits per heavy atom. The highest BCUT2D eigenvalue weighted by molar-refractivity contribution is 9.10. The van der Waals surface area contributed by atoms with Crippen LogP contribution >= 0.6 is 15.9 Å². The van der Waals surface area contributed by atoms with Crippen molar-refractivity contribution in [1.29, 1.82) is 0 Å². The van der Waals surface area contributed by atoms with Gasteiger partial charge in [0.2, 0.25) is 0 Å². The highest BCUT2D eigenvalue weighted by atomic mass is 79.9. The molecule has 0 aliphatic carbocycles. The normalized spacial score (nSPS) is 11.5. The first kappa shape index (κ1) is 15.8. The topological polar surface area (TPSA) is 63.6 Å². The lowest BCUT2D eigenvalue weighted by atomic mass is 9.92. The van der Waals surface area contributed by atoms with Gasteiger partial charge in [-0.15, -0.1) is 0 Å². The monoisotopic (exact) mass is 349 g/mol. The van der Waals surface area contributed by atoms with Crippen LogP contribution in [0.25, 0.3) is 11.6 Å². The van der Waals surface area contributed by atoms with Crippen molar-refractivity contribution in [3.05, 3.63) is 28.1 Å². The van der Waals surface area contributed by atoms with Crippen molar-refractivity contribution in [2.45, 2.75) is 40.0 Å². The first-order chi connectivity index (χ1) is 9.82. The first-order valence-electron chi connectivity index (χ1n) is 6.94. The summed E-state index contributed by atoms with van der Waals surface area (Å²) in [6, 6.07) is 0. The fourth-order valence-corrected chi connectivity index (χ4v) is 2.75. The number of nitrogens with zero attached hydrogens (tertiary/aromatic N) is 4. The van der Waals surface area contributed by atoms with Crippen molar-refractivity contribution in [2.75, 3.05) is 11.9 Å². The molecule has 0 saturated heterocycles. The summed E-state index contributed by atoms with van der Waals surface area (Å²) in [7, 11) is 0. The van der Waals surface area contributed by atoms with Crippen molar-refractivity contribution in [3.63, 3.8) is 0 Å². The molecular weight excluding hydrogens is 330 g/mol. The van der Waals surface area contributed by atoms with E-state index in [1.807, 2.05) is 13.8 Å². The fraction of sp³-hybridized carbons (Fsp3) is 0.467. The van der Waals surface area contributed by atoms with E-state index in [4.69, 9.17) is 0 Å². The van der Waals surface area contributed by atoms with Gasteiger partial charge in [0.1, 0.15) is 5.82 Å². The van der Waals surface area contributed by atoms with E-state index >= 15 is 0 Å². The highest BCUT2D eigenvalue weighted by Gasteiger charge is 2.24. The largest absolute Gasteiger partial charge is 0.369 e. The van der Waals surface area contributed by atoms with Crippen molar-refractivity contribution < 1.29 is 0 Å². The molecule has 0 aromatic carbocycles. The van der Waals surface area contributed by atoms with Crippen LogP contribution in [-0.4, -0.2) is 26.5 Å².